The highest BCUT2D eigenvalue weighted by Gasteiger charge is 1.99. The first-order chi connectivity index (χ1) is 9.22. The van der Waals surface area contributed by atoms with Crippen molar-refractivity contribution < 1.29 is 14.3 Å². The van der Waals surface area contributed by atoms with Crippen molar-refractivity contribution in [3.8, 4) is 0 Å². The average molecular weight is 261 g/mol. The second kappa shape index (κ2) is 8.91. The summed E-state index contributed by atoms with van der Waals surface area (Å²) < 4.78 is 4.89. The molecule has 102 valence electrons. The first kappa shape index (κ1) is 15.0. The Morgan fingerprint density at radius 1 is 1.21 bits per heavy atom. The molecular formula is C15H19NO3. The van der Waals surface area contributed by atoms with E-state index in [9.17, 15) is 9.59 Å². The average Bonchev–Trinajstić information content (AvgIpc) is 2.44. The van der Waals surface area contributed by atoms with Crippen LogP contribution in [0.5, 0.6) is 0 Å². The summed E-state index contributed by atoms with van der Waals surface area (Å²) in [5.41, 5.74) is 1.01. The standard InChI is InChI=1S/C15H19NO3/c1-2-3-11-19-15(18)10-9-14(17)16-12-13-7-5-4-6-8-13/h4-10H,2-3,11-12H2,1H3,(H,16,17)/b10-9-. The molecular weight excluding hydrogens is 242 g/mol. The highest BCUT2D eigenvalue weighted by atomic mass is 16.5. The summed E-state index contributed by atoms with van der Waals surface area (Å²) in [5.74, 6) is -0.792. The number of benzene rings is 1. The largest absolute Gasteiger partial charge is 0.463 e. The van der Waals surface area contributed by atoms with Crippen LogP contribution in [-0.4, -0.2) is 18.5 Å². The van der Waals surface area contributed by atoms with Crippen molar-refractivity contribution in [1.29, 1.82) is 0 Å². The molecule has 0 atom stereocenters. The molecule has 1 rings (SSSR count). The Morgan fingerprint density at radius 3 is 2.63 bits per heavy atom. The molecule has 0 radical (unpaired) electrons. The summed E-state index contributed by atoms with van der Waals surface area (Å²) in [6.45, 7) is 2.85. The number of hydrogen-bond acceptors (Lipinski definition) is 3. The minimum Gasteiger partial charge on any atom is -0.463 e. The van der Waals surface area contributed by atoms with Gasteiger partial charge in [0.15, 0.2) is 0 Å². The van der Waals surface area contributed by atoms with Crippen molar-refractivity contribution in [1.82, 2.24) is 5.32 Å². The number of carbonyl (C=O) groups is 2. The molecule has 0 heterocycles. The molecule has 0 unspecified atom stereocenters. The second-order valence-corrected chi connectivity index (χ2v) is 4.06. The van der Waals surface area contributed by atoms with Gasteiger partial charge in [0.05, 0.1) is 6.61 Å². The zero-order chi connectivity index (χ0) is 13.9. The fourth-order valence-corrected chi connectivity index (χ4v) is 1.35. The Labute approximate surface area is 113 Å². The monoisotopic (exact) mass is 261 g/mol. The summed E-state index contributed by atoms with van der Waals surface area (Å²) in [5, 5.41) is 2.69. The van der Waals surface area contributed by atoms with Gasteiger partial charge in [0, 0.05) is 18.7 Å². The SMILES string of the molecule is CCCCOC(=O)/C=C\C(=O)NCc1ccccc1. The second-order valence-electron chi connectivity index (χ2n) is 4.06. The van der Waals surface area contributed by atoms with Gasteiger partial charge in [-0.05, 0) is 12.0 Å². The lowest BCUT2D eigenvalue weighted by molar-refractivity contribution is -0.138. The molecule has 0 aliphatic rings. The summed E-state index contributed by atoms with van der Waals surface area (Å²) in [6.07, 6.45) is 4.14. The van der Waals surface area contributed by atoms with Crippen LogP contribution >= 0.6 is 0 Å². The van der Waals surface area contributed by atoms with Crippen molar-refractivity contribution in [3.05, 3.63) is 48.0 Å². The van der Waals surface area contributed by atoms with E-state index in [-0.39, 0.29) is 5.91 Å². The van der Waals surface area contributed by atoms with Crippen LogP contribution in [0, 0.1) is 0 Å². The van der Waals surface area contributed by atoms with E-state index in [1.165, 1.54) is 6.08 Å². The maximum Gasteiger partial charge on any atom is 0.330 e. The van der Waals surface area contributed by atoms with Gasteiger partial charge in [-0.25, -0.2) is 4.79 Å². The van der Waals surface area contributed by atoms with E-state index in [2.05, 4.69) is 5.32 Å². The van der Waals surface area contributed by atoms with Gasteiger partial charge in [0.2, 0.25) is 5.91 Å². The number of rotatable bonds is 7. The van der Waals surface area contributed by atoms with E-state index in [4.69, 9.17) is 4.74 Å². The number of carbonyl (C=O) groups excluding carboxylic acids is 2. The molecule has 0 saturated carbocycles. The number of unbranched alkanes of at least 4 members (excludes halogenated alkanes) is 1. The smallest absolute Gasteiger partial charge is 0.330 e. The molecule has 0 saturated heterocycles. The third-order valence-corrected chi connectivity index (χ3v) is 2.42. The van der Waals surface area contributed by atoms with Gasteiger partial charge >= 0.3 is 5.97 Å². The van der Waals surface area contributed by atoms with Crippen LogP contribution in [0.1, 0.15) is 25.3 Å². The lowest BCUT2D eigenvalue weighted by atomic mass is 10.2. The maximum atomic E-state index is 11.4. The minimum atomic E-state index is -0.483. The van der Waals surface area contributed by atoms with Gasteiger partial charge in [0.1, 0.15) is 0 Å². The van der Waals surface area contributed by atoms with Crippen LogP contribution in [0.2, 0.25) is 0 Å². The number of hydrogen-bond donors (Lipinski definition) is 1. The summed E-state index contributed by atoms with van der Waals surface area (Å²) >= 11 is 0. The predicted octanol–water partition coefficient (Wildman–Crippen LogP) is 2.20. The van der Waals surface area contributed by atoms with Gasteiger partial charge in [0.25, 0.3) is 0 Å². The number of ether oxygens (including phenoxy) is 1. The quantitative estimate of drug-likeness (QED) is 0.465. The van der Waals surface area contributed by atoms with E-state index in [1.54, 1.807) is 0 Å². The Kier molecular flexibility index (Phi) is 7.02. The van der Waals surface area contributed by atoms with Crippen molar-refractivity contribution in [2.75, 3.05) is 6.61 Å². The van der Waals surface area contributed by atoms with Crippen molar-refractivity contribution in [3.63, 3.8) is 0 Å². The molecule has 19 heavy (non-hydrogen) atoms. The van der Waals surface area contributed by atoms with E-state index >= 15 is 0 Å². The zero-order valence-electron chi connectivity index (χ0n) is 11.1. The summed E-state index contributed by atoms with van der Waals surface area (Å²) in [7, 11) is 0. The van der Waals surface area contributed by atoms with Crippen LogP contribution in [0.4, 0.5) is 0 Å². The van der Waals surface area contributed by atoms with Gasteiger partial charge in [-0.3, -0.25) is 4.79 Å². The van der Waals surface area contributed by atoms with Crippen LogP contribution in [0.3, 0.4) is 0 Å². The molecule has 0 fully saturated rings. The normalized spacial score (nSPS) is 10.4. The first-order valence-corrected chi connectivity index (χ1v) is 6.39. The molecule has 0 aromatic heterocycles. The first-order valence-electron chi connectivity index (χ1n) is 6.39. The van der Waals surface area contributed by atoms with E-state index in [0.29, 0.717) is 13.2 Å². The highest BCUT2D eigenvalue weighted by Crippen LogP contribution is 1.97. The Morgan fingerprint density at radius 2 is 1.95 bits per heavy atom. The Bertz CT molecular complexity index is 426. The van der Waals surface area contributed by atoms with Gasteiger partial charge < -0.3 is 10.1 Å². The molecule has 0 bridgehead atoms. The van der Waals surface area contributed by atoms with Gasteiger partial charge in [-0.1, -0.05) is 43.7 Å². The fraction of sp³-hybridized carbons (Fsp3) is 0.333. The molecule has 1 amide bonds. The molecule has 1 aromatic rings. The Hall–Kier alpha value is -2.10. The van der Waals surface area contributed by atoms with Crippen LogP contribution in [-0.2, 0) is 20.9 Å². The maximum absolute atomic E-state index is 11.4. The van der Waals surface area contributed by atoms with Crippen LogP contribution in [0.15, 0.2) is 42.5 Å². The third-order valence-electron chi connectivity index (χ3n) is 2.42. The topological polar surface area (TPSA) is 55.4 Å². The van der Waals surface area contributed by atoms with Crippen molar-refractivity contribution >= 4 is 11.9 Å². The fourth-order valence-electron chi connectivity index (χ4n) is 1.35. The van der Waals surface area contributed by atoms with E-state index in [1.807, 2.05) is 37.3 Å². The predicted molar refractivity (Wildman–Crippen MR) is 73.3 cm³/mol. The molecule has 1 aromatic carbocycles. The zero-order valence-corrected chi connectivity index (χ0v) is 11.1. The molecule has 1 N–H and O–H groups in total. The van der Waals surface area contributed by atoms with Crippen LogP contribution in [0.25, 0.3) is 0 Å². The molecule has 0 aliphatic carbocycles. The molecule has 4 heteroatoms. The summed E-state index contributed by atoms with van der Waals surface area (Å²) in [4.78, 5) is 22.7. The molecule has 0 spiro atoms. The van der Waals surface area contributed by atoms with E-state index < -0.39 is 5.97 Å². The van der Waals surface area contributed by atoms with Crippen LogP contribution < -0.4 is 5.32 Å². The lowest BCUT2D eigenvalue weighted by Gasteiger charge is -2.02. The Balaban J connectivity index is 2.25. The number of amides is 1. The highest BCUT2D eigenvalue weighted by molar-refractivity contribution is 5.94. The molecule has 0 aliphatic heterocycles. The number of nitrogens with one attached hydrogen (secondary N) is 1. The number of esters is 1. The third kappa shape index (κ3) is 7.03. The van der Waals surface area contributed by atoms with Crippen molar-refractivity contribution in [2.24, 2.45) is 0 Å². The molecule has 4 nitrogen and oxygen atoms in total. The van der Waals surface area contributed by atoms with E-state index in [0.717, 1.165) is 24.5 Å². The summed E-state index contributed by atoms with van der Waals surface area (Å²) in [6, 6.07) is 9.56. The lowest BCUT2D eigenvalue weighted by Crippen LogP contribution is -2.20. The minimum absolute atomic E-state index is 0.309. The van der Waals surface area contributed by atoms with Gasteiger partial charge in [-0.2, -0.15) is 0 Å². The van der Waals surface area contributed by atoms with Gasteiger partial charge in [-0.15, -0.1) is 0 Å². The van der Waals surface area contributed by atoms with Crippen molar-refractivity contribution in [2.45, 2.75) is 26.3 Å².